The van der Waals surface area contributed by atoms with Gasteiger partial charge in [0, 0.05) is 12.1 Å². The molecular formula is C16H14F2N2. The Hall–Kier alpha value is -2.25. The van der Waals surface area contributed by atoms with Crippen molar-refractivity contribution in [2.24, 2.45) is 0 Å². The van der Waals surface area contributed by atoms with Gasteiger partial charge in [-0.3, -0.25) is 0 Å². The first-order valence-corrected chi connectivity index (χ1v) is 6.25. The lowest BCUT2D eigenvalue weighted by molar-refractivity contribution is -0.00343. The molecule has 0 unspecified atom stereocenters. The van der Waals surface area contributed by atoms with E-state index in [1.807, 2.05) is 6.07 Å². The Labute approximate surface area is 116 Å². The first kappa shape index (κ1) is 14.2. The SMILES string of the molecule is N#Cc1ccc(CNCC(F)(F)c2ccccc2)cc1. The first-order chi connectivity index (χ1) is 9.62. The van der Waals surface area contributed by atoms with Gasteiger partial charge in [-0.15, -0.1) is 0 Å². The second-order valence-corrected chi connectivity index (χ2v) is 4.48. The molecule has 4 heteroatoms. The van der Waals surface area contributed by atoms with Crippen LogP contribution in [0.25, 0.3) is 0 Å². The molecule has 0 heterocycles. The van der Waals surface area contributed by atoms with Gasteiger partial charge in [0.15, 0.2) is 0 Å². The van der Waals surface area contributed by atoms with Gasteiger partial charge in [-0.1, -0.05) is 42.5 Å². The van der Waals surface area contributed by atoms with Crippen LogP contribution in [0, 0.1) is 11.3 Å². The number of nitriles is 1. The minimum absolute atomic E-state index is 0.00679. The molecule has 0 radical (unpaired) electrons. The molecule has 0 bridgehead atoms. The van der Waals surface area contributed by atoms with Gasteiger partial charge in [0.25, 0.3) is 5.92 Å². The van der Waals surface area contributed by atoms with Gasteiger partial charge in [0.05, 0.1) is 18.2 Å². The van der Waals surface area contributed by atoms with E-state index >= 15 is 0 Å². The van der Waals surface area contributed by atoms with E-state index in [2.05, 4.69) is 5.32 Å². The molecule has 20 heavy (non-hydrogen) atoms. The van der Waals surface area contributed by atoms with Crippen LogP contribution in [-0.4, -0.2) is 6.54 Å². The second-order valence-electron chi connectivity index (χ2n) is 4.48. The van der Waals surface area contributed by atoms with E-state index < -0.39 is 12.5 Å². The Morgan fingerprint density at radius 2 is 1.65 bits per heavy atom. The van der Waals surface area contributed by atoms with Crippen LogP contribution in [-0.2, 0) is 12.5 Å². The number of hydrogen-bond donors (Lipinski definition) is 1. The summed E-state index contributed by atoms with van der Waals surface area (Å²) in [5.41, 5.74) is 1.43. The highest BCUT2D eigenvalue weighted by atomic mass is 19.3. The fraction of sp³-hybridized carbons (Fsp3) is 0.188. The smallest absolute Gasteiger partial charge is 0.285 e. The summed E-state index contributed by atoms with van der Waals surface area (Å²) in [7, 11) is 0. The van der Waals surface area contributed by atoms with Crippen LogP contribution in [0.3, 0.4) is 0 Å². The normalized spacial score (nSPS) is 11.1. The number of halogens is 2. The lowest BCUT2D eigenvalue weighted by Crippen LogP contribution is -2.30. The van der Waals surface area contributed by atoms with Crippen LogP contribution in [0.5, 0.6) is 0 Å². The first-order valence-electron chi connectivity index (χ1n) is 6.25. The molecule has 0 spiro atoms. The molecule has 2 rings (SSSR count). The van der Waals surface area contributed by atoms with Crippen LogP contribution < -0.4 is 5.32 Å². The molecule has 102 valence electrons. The van der Waals surface area contributed by atoms with Crippen molar-refractivity contribution in [1.29, 1.82) is 5.26 Å². The van der Waals surface area contributed by atoms with Gasteiger partial charge in [-0.2, -0.15) is 14.0 Å². The molecule has 2 aromatic carbocycles. The molecule has 0 fully saturated rings. The average molecular weight is 272 g/mol. The molecule has 0 atom stereocenters. The third kappa shape index (κ3) is 3.62. The number of nitrogens with zero attached hydrogens (tertiary/aromatic N) is 1. The zero-order valence-electron chi connectivity index (χ0n) is 10.8. The molecule has 0 amide bonds. The highest BCUT2D eigenvalue weighted by Crippen LogP contribution is 2.26. The van der Waals surface area contributed by atoms with Crippen molar-refractivity contribution < 1.29 is 8.78 Å². The Kier molecular flexibility index (Phi) is 4.44. The standard InChI is InChI=1S/C16H14F2N2/c17-16(18,15-4-2-1-3-5-15)12-20-11-14-8-6-13(10-19)7-9-14/h1-9,20H,11-12H2. The number of hydrogen-bond acceptors (Lipinski definition) is 2. The summed E-state index contributed by atoms with van der Waals surface area (Å²) in [6.07, 6.45) is 0. The highest BCUT2D eigenvalue weighted by Gasteiger charge is 2.30. The van der Waals surface area contributed by atoms with Crippen molar-refractivity contribution in [3.8, 4) is 6.07 Å². The third-order valence-corrected chi connectivity index (χ3v) is 2.96. The maximum absolute atomic E-state index is 13.9. The minimum atomic E-state index is -2.89. The van der Waals surface area contributed by atoms with Crippen molar-refractivity contribution in [3.05, 3.63) is 71.3 Å². The van der Waals surface area contributed by atoms with Gasteiger partial charge in [-0.05, 0) is 17.7 Å². The minimum Gasteiger partial charge on any atom is -0.307 e. The molecule has 0 aliphatic rings. The monoisotopic (exact) mass is 272 g/mol. The maximum Gasteiger partial charge on any atom is 0.285 e. The van der Waals surface area contributed by atoms with E-state index in [-0.39, 0.29) is 5.56 Å². The summed E-state index contributed by atoms with van der Waals surface area (Å²) in [4.78, 5) is 0. The van der Waals surface area contributed by atoms with E-state index in [0.29, 0.717) is 12.1 Å². The summed E-state index contributed by atoms with van der Waals surface area (Å²) in [5.74, 6) is -2.89. The Morgan fingerprint density at radius 1 is 1.00 bits per heavy atom. The lowest BCUT2D eigenvalue weighted by Gasteiger charge is -2.17. The number of nitrogens with one attached hydrogen (secondary N) is 1. The number of alkyl halides is 2. The van der Waals surface area contributed by atoms with Gasteiger partial charge in [0.2, 0.25) is 0 Å². The number of rotatable bonds is 5. The fourth-order valence-corrected chi connectivity index (χ4v) is 1.85. The van der Waals surface area contributed by atoms with Crippen molar-refractivity contribution in [2.45, 2.75) is 12.5 Å². The summed E-state index contributed by atoms with van der Waals surface area (Å²) in [6.45, 7) is -0.0782. The number of benzene rings is 2. The molecule has 2 aromatic rings. The molecule has 2 nitrogen and oxygen atoms in total. The molecule has 0 aromatic heterocycles. The Morgan fingerprint density at radius 3 is 2.25 bits per heavy atom. The predicted octanol–water partition coefficient (Wildman–Crippen LogP) is 3.44. The zero-order valence-corrected chi connectivity index (χ0v) is 10.8. The van der Waals surface area contributed by atoms with Crippen molar-refractivity contribution >= 4 is 0 Å². The van der Waals surface area contributed by atoms with Crippen molar-refractivity contribution in [3.63, 3.8) is 0 Å². The predicted molar refractivity (Wildman–Crippen MR) is 73.2 cm³/mol. The molecule has 0 saturated heterocycles. The topological polar surface area (TPSA) is 35.8 Å². The van der Waals surface area contributed by atoms with E-state index in [0.717, 1.165) is 5.56 Å². The molecule has 0 aliphatic carbocycles. The van der Waals surface area contributed by atoms with Crippen LogP contribution in [0.15, 0.2) is 54.6 Å². The Balaban J connectivity index is 1.90. The molecule has 1 N–H and O–H groups in total. The summed E-state index contributed by atoms with van der Waals surface area (Å²) in [5, 5.41) is 11.4. The van der Waals surface area contributed by atoms with Crippen LogP contribution in [0.1, 0.15) is 16.7 Å². The van der Waals surface area contributed by atoms with Crippen molar-refractivity contribution in [1.82, 2.24) is 5.32 Å². The summed E-state index contributed by atoms with van der Waals surface area (Å²) < 4.78 is 27.7. The van der Waals surface area contributed by atoms with Crippen LogP contribution in [0.4, 0.5) is 8.78 Å². The van der Waals surface area contributed by atoms with Crippen LogP contribution >= 0.6 is 0 Å². The van der Waals surface area contributed by atoms with Gasteiger partial charge in [0.1, 0.15) is 0 Å². The summed E-state index contributed by atoms with van der Waals surface area (Å²) >= 11 is 0. The largest absolute Gasteiger partial charge is 0.307 e. The third-order valence-electron chi connectivity index (χ3n) is 2.96. The van der Waals surface area contributed by atoms with Gasteiger partial charge in [-0.25, -0.2) is 0 Å². The van der Waals surface area contributed by atoms with E-state index in [1.165, 1.54) is 12.1 Å². The molecule has 0 aliphatic heterocycles. The van der Waals surface area contributed by atoms with E-state index in [1.54, 1.807) is 42.5 Å². The van der Waals surface area contributed by atoms with E-state index in [4.69, 9.17) is 5.26 Å². The quantitative estimate of drug-likeness (QED) is 0.905. The maximum atomic E-state index is 13.9. The second kappa shape index (κ2) is 6.27. The lowest BCUT2D eigenvalue weighted by atomic mass is 10.1. The fourth-order valence-electron chi connectivity index (χ4n) is 1.85. The summed E-state index contributed by atoms with van der Waals surface area (Å²) in [6, 6.07) is 16.6. The van der Waals surface area contributed by atoms with Gasteiger partial charge >= 0.3 is 0 Å². The molecular weight excluding hydrogens is 258 g/mol. The van der Waals surface area contributed by atoms with E-state index in [9.17, 15) is 8.78 Å². The zero-order chi connectivity index (χ0) is 14.4. The Bertz CT molecular complexity index is 586. The average Bonchev–Trinajstić information content (AvgIpc) is 2.49. The molecule has 0 saturated carbocycles. The van der Waals surface area contributed by atoms with Crippen molar-refractivity contribution in [2.75, 3.05) is 6.54 Å². The highest BCUT2D eigenvalue weighted by molar-refractivity contribution is 5.31. The van der Waals surface area contributed by atoms with Crippen LogP contribution in [0.2, 0.25) is 0 Å². The van der Waals surface area contributed by atoms with Gasteiger partial charge < -0.3 is 5.32 Å².